The van der Waals surface area contributed by atoms with Gasteiger partial charge in [0.1, 0.15) is 0 Å². The lowest BCUT2D eigenvalue weighted by Gasteiger charge is -2.38. The van der Waals surface area contributed by atoms with Gasteiger partial charge >= 0.3 is 0 Å². The first-order chi connectivity index (χ1) is 9.60. The number of carbonyl (C=O) groups excluding carboxylic acids is 1. The fourth-order valence-corrected chi connectivity index (χ4v) is 3.19. The molecule has 6 heteroatoms. The van der Waals surface area contributed by atoms with Crippen LogP contribution in [-0.2, 0) is 9.47 Å². The minimum absolute atomic E-state index is 0.0395. The predicted molar refractivity (Wildman–Crippen MR) is 78.3 cm³/mol. The molecule has 0 aromatic heterocycles. The Hall–Kier alpha value is -1.11. The fourth-order valence-electron chi connectivity index (χ4n) is 2.77. The van der Waals surface area contributed by atoms with Gasteiger partial charge in [0.25, 0.3) is 5.91 Å². The molecule has 5 nitrogen and oxygen atoms in total. The van der Waals surface area contributed by atoms with Gasteiger partial charge in [-0.25, -0.2) is 0 Å². The van der Waals surface area contributed by atoms with Gasteiger partial charge in [-0.3, -0.25) is 4.79 Å². The Labute approximate surface area is 126 Å². The number of nitrogens with two attached hydrogens (primary N) is 1. The zero-order valence-corrected chi connectivity index (χ0v) is 12.7. The quantitative estimate of drug-likeness (QED) is 0.794. The van der Waals surface area contributed by atoms with Gasteiger partial charge in [0.15, 0.2) is 5.79 Å². The SMILES string of the molecule is Nc1ccc(Br)c(C(=O)N2CCCC3(C2)OCCO3)c1. The molecule has 1 aromatic carbocycles. The molecule has 0 bridgehead atoms. The van der Waals surface area contributed by atoms with Crippen molar-refractivity contribution in [3.63, 3.8) is 0 Å². The third-order valence-corrected chi connectivity index (χ3v) is 4.43. The van der Waals surface area contributed by atoms with Crippen LogP contribution in [0.4, 0.5) is 5.69 Å². The van der Waals surface area contributed by atoms with Crippen LogP contribution in [-0.4, -0.2) is 42.9 Å². The number of piperidine rings is 1. The number of ether oxygens (including phenoxy) is 2. The molecule has 2 aliphatic rings. The van der Waals surface area contributed by atoms with Crippen molar-refractivity contribution in [2.45, 2.75) is 18.6 Å². The van der Waals surface area contributed by atoms with Crippen molar-refractivity contribution in [1.29, 1.82) is 0 Å². The predicted octanol–water partition coefficient (Wildman–Crippen LogP) is 2.01. The molecule has 0 saturated carbocycles. The molecule has 2 N–H and O–H groups in total. The summed E-state index contributed by atoms with van der Waals surface area (Å²) in [5, 5.41) is 0. The highest BCUT2D eigenvalue weighted by molar-refractivity contribution is 9.10. The highest BCUT2D eigenvalue weighted by atomic mass is 79.9. The molecule has 108 valence electrons. The second-order valence-corrected chi connectivity index (χ2v) is 6.03. The summed E-state index contributed by atoms with van der Waals surface area (Å²) in [5.41, 5.74) is 6.93. The Balaban J connectivity index is 1.81. The molecule has 3 rings (SSSR count). The van der Waals surface area contributed by atoms with E-state index < -0.39 is 5.79 Å². The molecule has 0 aliphatic carbocycles. The van der Waals surface area contributed by atoms with Crippen molar-refractivity contribution in [2.24, 2.45) is 0 Å². The van der Waals surface area contributed by atoms with Crippen molar-refractivity contribution in [3.05, 3.63) is 28.2 Å². The van der Waals surface area contributed by atoms with Crippen LogP contribution < -0.4 is 5.73 Å². The van der Waals surface area contributed by atoms with Gasteiger partial charge in [0.05, 0.1) is 25.3 Å². The van der Waals surface area contributed by atoms with Crippen LogP contribution in [0, 0.1) is 0 Å². The number of hydrogen-bond donors (Lipinski definition) is 1. The minimum Gasteiger partial charge on any atom is -0.399 e. The number of halogens is 1. The smallest absolute Gasteiger partial charge is 0.255 e. The van der Waals surface area contributed by atoms with E-state index in [1.54, 1.807) is 23.1 Å². The molecule has 2 aliphatic heterocycles. The van der Waals surface area contributed by atoms with Crippen molar-refractivity contribution < 1.29 is 14.3 Å². The maximum absolute atomic E-state index is 12.6. The Kier molecular flexibility index (Phi) is 3.70. The molecular weight excluding hydrogens is 324 g/mol. The number of likely N-dealkylation sites (tertiary alicyclic amines) is 1. The van der Waals surface area contributed by atoms with Crippen LogP contribution in [0.2, 0.25) is 0 Å². The molecule has 1 amide bonds. The van der Waals surface area contributed by atoms with Gasteiger partial charge in [-0.1, -0.05) is 0 Å². The average Bonchev–Trinajstić information content (AvgIpc) is 2.88. The van der Waals surface area contributed by atoms with Crippen molar-refractivity contribution in [3.8, 4) is 0 Å². The number of benzene rings is 1. The standard InChI is InChI=1S/C14H17BrN2O3/c15-12-3-2-10(16)8-11(12)13(18)17-5-1-4-14(9-17)19-6-7-20-14/h2-3,8H,1,4-7,9,16H2. The van der Waals surface area contributed by atoms with Crippen molar-refractivity contribution >= 4 is 27.5 Å². The lowest BCUT2D eigenvalue weighted by atomic mass is 10.0. The van der Waals surface area contributed by atoms with Crippen LogP contribution in [0.1, 0.15) is 23.2 Å². The van der Waals surface area contributed by atoms with Crippen LogP contribution in [0.15, 0.2) is 22.7 Å². The van der Waals surface area contributed by atoms with E-state index in [0.717, 1.165) is 17.3 Å². The lowest BCUT2D eigenvalue weighted by Crippen LogP contribution is -2.51. The second kappa shape index (κ2) is 5.35. The number of amides is 1. The number of nitrogens with zero attached hydrogens (tertiary/aromatic N) is 1. The summed E-state index contributed by atoms with van der Waals surface area (Å²) in [6.07, 6.45) is 1.72. The van der Waals surface area contributed by atoms with Gasteiger partial charge in [-0.05, 0) is 40.5 Å². The van der Waals surface area contributed by atoms with E-state index in [2.05, 4.69) is 15.9 Å². The summed E-state index contributed by atoms with van der Waals surface area (Å²) in [5.74, 6) is -0.636. The Morgan fingerprint density at radius 2 is 2.10 bits per heavy atom. The highest BCUT2D eigenvalue weighted by Gasteiger charge is 2.42. The largest absolute Gasteiger partial charge is 0.399 e. The number of rotatable bonds is 1. The molecule has 20 heavy (non-hydrogen) atoms. The first kappa shape index (κ1) is 13.9. The first-order valence-electron chi connectivity index (χ1n) is 6.72. The van der Waals surface area contributed by atoms with Crippen LogP contribution in [0.25, 0.3) is 0 Å². The summed E-state index contributed by atoms with van der Waals surface area (Å²) in [4.78, 5) is 14.4. The third-order valence-electron chi connectivity index (χ3n) is 3.74. The van der Waals surface area contributed by atoms with E-state index in [9.17, 15) is 4.79 Å². The van der Waals surface area contributed by atoms with Crippen molar-refractivity contribution in [1.82, 2.24) is 4.90 Å². The Morgan fingerprint density at radius 3 is 2.85 bits per heavy atom. The Morgan fingerprint density at radius 1 is 1.35 bits per heavy atom. The van der Waals surface area contributed by atoms with Crippen LogP contribution >= 0.6 is 15.9 Å². The zero-order chi connectivity index (χ0) is 14.2. The van der Waals surface area contributed by atoms with Gasteiger partial charge < -0.3 is 20.1 Å². The fraction of sp³-hybridized carbons (Fsp3) is 0.500. The van der Waals surface area contributed by atoms with Crippen molar-refractivity contribution in [2.75, 3.05) is 32.0 Å². The number of nitrogen functional groups attached to an aromatic ring is 1. The van der Waals surface area contributed by atoms with E-state index in [0.29, 0.717) is 37.6 Å². The summed E-state index contributed by atoms with van der Waals surface area (Å²) in [7, 11) is 0. The van der Waals surface area contributed by atoms with E-state index in [1.165, 1.54) is 0 Å². The molecule has 1 spiro atoms. The number of anilines is 1. The van der Waals surface area contributed by atoms with Gasteiger partial charge in [-0.15, -0.1) is 0 Å². The molecule has 2 saturated heterocycles. The van der Waals surface area contributed by atoms with E-state index in [-0.39, 0.29) is 5.91 Å². The lowest BCUT2D eigenvalue weighted by molar-refractivity contribution is -0.183. The van der Waals surface area contributed by atoms with Crippen LogP contribution in [0.5, 0.6) is 0 Å². The number of carbonyl (C=O) groups is 1. The van der Waals surface area contributed by atoms with E-state index >= 15 is 0 Å². The van der Waals surface area contributed by atoms with Crippen LogP contribution in [0.3, 0.4) is 0 Å². The molecular formula is C14H17BrN2O3. The first-order valence-corrected chi connectivity index (χ1v) is 7.51. The Bertz CT molecular complexity index is 529. The van der Waals surface area contributed by atoms with Gasteiger partial charge in [0.2, 0.25) is 0 Å². The average molecular weight is 341 g/mol. The molecule has 1 aromatic rings. The molecule has 0 radical (unpaired) electrons. The summed E-state index contributed by atoms with van der Waals surface area (Å²) in [6, 6.07) is 5.26. The highest BCUT2D eigenvalue weighted by Crippen LogP contribution is 2.31. The maximum Gasteiger partial charge on any atom is 0.255 e. The number of hydrogen-bond acceptors (Lipinski definition) is 4. The minimum atomic E-state index is -0.597. The molecule has 2 fully saturated rings. The molecule has 2 heterocycles. The second-order valence-electron chi connectivity index (χ2n) is 5.18. The van der Waals surface area contributed by atoms with Gasteiger partial charge in [-0.2, -0.15) is 0 Å². The zero-order valence-electron chi connectivity index (χ0n) is 11.1. The van der Waals surface area contributed by atoms with E-state index in [4.69, 9.17) is 15.2 Å². The molecule has 0 unspecified atom stereocenters. The summed E-state index contributed by atoms with van der Waals surface area (Å²) >= 11 is 3.41. The van der Waals surface area contributed by atoms with Gasteiger partial charge in [0, 0.05) is 23.1 Å². The monoisotopic (exact) mass is 340 g/mol. The summed E-state index contributed by atoms with van der Waals surface area (Å²) in [6.45, 7) is 2.40. The third kappa shape index (κ3) is 2.55. The summed E-state index contributed by atoms with van der Waals surface area (Å²) < 4.78 is 12.2. The maximum atomic E-state index is 12.6. The van der Waals surface area contributed by atoms with E-state index in [1.807, 2.05) is 0 Å². The molecule has 0 atom stereocenters. The topological polar surface area (TPSA) is 64.8 Å². The normalized spacial score (nSPS) is 21.4.